The van der Waals surface area contributed by atoms with E-state index in [0.717, 1.165) is 24.2 Å². The van der Waals surface area contributed by atoms with Crippen molar-refractivity contribution in [3.63, 3.8) is 0 Å². The first-order valence-electron chi connectivity index (χ1n) is 9.96. The highest BCUT2D eigenvalue weighted by molar-refractivity contribution is 7.80. The zero-order chi connectivity index (χ0) is 20.2. The number of amides is 1. The summed E-state index contributed by atoms with van der Waals surface area (Å²) in [6.07, 6.45) is 6.22. The Morgan fingerprint density at radius 3 is 2.54 bits per heavy atom. The van der Waals surface area contributed by atoms with Crippen LogP contribution in [0, 0.1) is 6.92 Å². The molecule has 0 radical (unpaired) electrons. The molecule has 0 aliphatic rings. The largest absolute Gasteiger partial charge is 0.467 e. The number of hydrogen-bond donors (Lipinski definition) is 2. The van der Waals surface area contributed by atoms with Crippen LogP contribution < -0.4 is 10.6 Å². The summed E-state index contributed by atoms with van der Waals surface area (Å²) in [5.74, 6) is 0.795. The van der Waals surface area contributed by atoms with Gasteiger partial charge in [0.05, 0.1) is 19.4 Å². The normalized spacial score (nSPS) is 10.5. The number of benzene rings is 1. The number of unbranched alkanes of at least 4 members (excludes halogenated alkanes) is 3. The molecule has 1 aromatic carbocycles. The summed E-state index contributed by atoms with van der Waals surface area (Å²) < 4.78 is 5.47. The molecular formula is C22H31N3O2S. The summed E-state index contributed by atoms with van der Waals surface area (Å²) in [7, 11) is 0. The van der Waals surface area contributed by atoms with Gasteiger partial charge in [-0.2, -0.15) is 0 Å². The molecule has 2 rings (SSSR count). The second-order valence-electron chi connectivity index (χ2n) is 6.99. The molecule has 0 aliphatic heterocycles. The number of hydrogen-bond acceptors (Lipinski definition) is 3. The van der Waals surface area contributed by atoms with Crippen LogP contribution in [0.3, 0.4) is 0 Å². The monoisotopic (exact) mass is 401 g/mol. The summed E-state index contributed by atoms with van der Waals surface area (Å²) >= 11 is 5.55. The van der Waals surface area contributed by atoms with E-state index in [1.54, 1.807) is 6.26 Å². The Hall–Kier alpha value is -2.34. The van der Waals surface area contributed by atoms with Crippen LogP contribution in [0.15, 0.2) is 47.1 Å². The number of thiocarbonyl (C=S) groups is 1. The molecule has 1 aromatic heterocycles. The number of furan rings is 1. The molecule has 1 heterocycles. The molecule has 0 unspecified atom stereocenters. The quantitative estimate of drug-likeness (QED) is 0.437. The third kappa shape index (κ3) is 8.13. The van der Waals surface area contributed by atoms with Crippen molar-refractivity contribution in [1.29, 1.82) is 0 Å². The van der Waals surface area contributed by atoms with Gasteiger partial charge in [0.15, 0.2) is 5.11 Å². The van der Waals surface area contributed by atoms with Gasteiger partial charge in [-0.15, -0.1) is 0 Å². The van der Waals surface area contributed by atoms with Crippen LogP contribution in [0.1, 0.15) is 49.5 Å². The minimum atomic E-state index is -0.0351. The van der Waals surface area contributed by atoms with Gasteiger partial charge in [0.1, 0.15) is 5.76 Å². The van der Waals surface area contributed by atoms with E-state index in [4.69, 9.17) is 16.6 Å². The van der Waals surface area contributed by atoms with Crippen molar-refractivity contribution in [2.45, 2.75) is 52.6 Å². The first-order chi connectivity index (χ1) is 13.6. The SMILES string of the molecule is CCCCCCNC(=O)CNC(=S)N(Cc1ccc(C)cc1)Cc1ccco1. The maximum Gasteiger partial charge on any atom is 0.239 e. The van der Waals surface area contributed by atoms with Crippen molar-refractivity contribution in [1.82, 2.24) is 15.5 Å². The molecule has 0 saturated carbocycles. The van der Waals surface area contributed by atoms with Gasteiger partial charge in [-0.05, 0) is 43.3 Å². The van der Waals surface area contributed by atoms with Gasteiger partial charge in [-0.3, -0.25) is 4.79 Å². The van der Waals surface area contributed by atoms with Gasteiger partial charge in [0.2, 0.25) is 5.91 Å². The van der Waals surface area contributed by atoms with Crippen LogP contribution in [0.5, 0.6) is 0 Å². The lowest BCUT2D eigenvalue weighted by molar-refractivity contribution is -0.120. The Morgan fingerprint density at radius 2 is 1.86 bits per heavy atom. The van der Waals surface area contributed by atoms with E-state index in [9.17, 15) is 4.79 Å². The summed E-state index contributed by atoms with van der Waals surface area (Å²) in [6, 6.07) is 12.1. The van der Waals surface area contributed by atoms with Crippen LogP contribution >= 0.6 is 12.2 Å². The molecule has 6 heteroatoms. The van der Waals surface area contributed by atoms with E-state index in [-0.39, 0.29) is 12.5 Å². The van der Waals surface area contributed by atoms with Crippen molar-refractivity contribution in [2.24, 2.45) is 0 Å². The molecule has 28 heavy (non-hydrogen) atoms. The summed E-state index contributed by atoms with van der Waals surface area (Å²) in [5.41, 5.74) is 2.37. The number of aryl methyl sites for hydroxylation is 1. The number of rotatable bonds is 11. The predicted octanol–water partition coefficient (Wildman–Crippen LogP) is 4.16. The van der Waals surface area contributed by atoms with E-state index in [1.165, 1.54) is 18.4 Å². The van der Waals surface area contributed by atoms with Gasteiger partial charge in [0.25, 0.3) is 0 Å². The topological polar surface area (TPSA) is 57.5 Å². The lowest BCUT2D eigenvalue weighted by Gasteiger charge is -2.25. The maximum absolute atomic E-state index is 12.0. The van der Waals surface area contributed by atoms with Crippen molar-refractivity contribution in [3.05, 3.63) is 59.5 Å². The molecule has 0 bridgehead atoms. The summed E-state index contributed by atoms with van der Waals surface area (Å²) in [4.78, 5) is 14.1. The van der Waals surface area contributed by atoms with Crippen molar-refractivity contribution < 1.29 is 9.21 Å². The molecule has 0 fully saturated rings. The minimum absolute atomic E-state index is 0.0351. The van der Waals surface area contributed by atoms with Gasteiger partial charge in [-0.25, -0.2) is 0 Å². The standard InChI is InChI=1S/C22H31N3O2S/c1-3-4-5-6-13-23-21(26)15-24-22(28)25(17-20-8-7-14-27-20)16-19-11-9-18(2)10-12-19/h7-12,14H,3-6,13,15-17H2,1-2H3,(H,23,26)(H,24,28). The van der Waals surface area contributed by atoms with Crippen molar-refractivity contribution in [2.75, 3.05) is 13.1 Å². The molecule has 5 nitrogen and oxygen atoms in total. The number of carbonyl (C=O) groups excluding carboxylic acids is 1. The van der Waals surface area contributed by atoms with Crippen LogP contribution in [-0.4, -0.2) is 29.0 Å². The van der Waals surface area contributed by atoms with Gasteiger partial charge in [-0.1, -0.05) is 56.0 Å². The molecule has 0 atom stereocenters. The zero-order valence-corrected chi connectivity index (χ0v) is 17.7. The zero-order valence-electron chi connectivity index (χ0n) is 16.9. The first-order valence-corrected chi connectivity index (χ1v) is 10.4. The lowest BCUT2D eigenvalue weighted by atomic mass is 10.1. The fourth-order valence-corrected chi connectivity index (χ4v) is 3.02. The van der Waals surface area contributed by atoms with E-state index in [0.29, 0.717) is 24.7 Å². The predicted molar refractivity (Wildman–Crippen MR) is 117 cm³/mol. The molecule has 1 amide bonds. The minimum Gasteiger partial charge on any atom is -0.467 e. The average molecular weight is 402 g/mol. The van der Waals surface area contributed by atoms with Crippen LogP contribution in [-0.2, 0) is 17.9 Å². The van der Waals surface area contributed by atoms with Crippen LogP contribution in [0.2, 0.25) is 0 Å². The average Bonchev–Trinajstić information content (AvgIpc) is 3.20. The molecule has 0 saturated heterocycles. The van der Waals surface area contributed by atoms with E-state index in [2.05, 4.69) is 48.7 Å². The second kappa shape index (κ2) is 12.2. The maximum atomic E-state index is 12.0. The molecule has 0 spiro atoms. The highest BCUT2D eigenvalue weighted by atomic mass is 32.1. The third-order valence-electron chi connectivity index (χ3n) is 4.46. The molecule has 2 N–H and O–H groups in total. The highest BCUT2D eigenvalue weighted by Gasteiger charge is 2.14. The van der Waals surface area contributed by atoms with E-state index in [1.807, 2.05) is 17.0 Å². The molecule has 0 aliphatic carbocycles. The van der Waals surface area contributed by atoms with Gasteiger partial charge < -0.3 is 20.0 Å². The Labute approximate surface area is 173 Å². The van der Waals surface area contributed by atoms with E-state index < -0.39 is 0 Å². The Kier molecular flexibility index (Phi) is 9.55. The lowest BCUT2D eigenvalue weighted by Crippen LogP contribution is -2.43. The number of carbonyl (C=O) groups is 1. The van der Waals surface area contributed by atoms with E-state index >= 15 is 0 Å². The first kappa shape index (κ1) is 22.0. The summed E-state index contributed by atoms with van der Waals surface area (Å²) in [5, 5.41) is 6.56. The number of nitrogens with one attached hydrogen (secondary N) is 2. The van der Waals surface area contributed by atoms with Crippen LogP contribution in [0.25, 0.3) is 0 Å². The Morgan fingerprint density at radius 1 is 1.07 bits per heavy atom. The molecule has 152 valence electrons. The fraction of sp³-hybridized carbons (Fsp3) is 0.455. The van der Waals surface area contributed by atoms with Gasteiger partial charge in [0, 0.05) is 13.1 Å². The Bertz CT molecular complexity index is 714. The van der Waals surface area contributed by atoms with Gasteiger partial charge >= 0.3 is 0 Å². The molecule has 2 aromatic rings. The fourth-order valence-electron chi connectivity index (χ4n) is 2.81. The number of nitrogens with zero attached hydrogens (tertiary/aromatic N) is 1. The highest BCUT2D eigenvalue weighted by Crippen LogP contribution is 2.12. The van der Waals surface area contributed by atoms with Crippen molar-refractivity contribution in [3.8, 4) is 0 Å². The summed E-state index contributed by atoms with van der Waals surface area (Å²) in [6.45, 7) is 6.32. The second-order valence-corrected chi connectivity index (χ2v) is 7.38. The van der Waals surface area contributed by atoms with Crippen LogP contribution in [0.4, 0.5) is 0 Å². The Balaban J connectivity index is 1.85. The smallest absolute Gasteiger partial charge is 0.239 e. The third-order valence-corrected chi connectivity index (χ3v) is 4.86. The molecular weight excluding hydrogens is 370 g/mol. The van der Waals surface area contributed by atoms with Crippen molar-refractivity contribution >= 4 is 23.2 Å².